The summed E-state index contributed by atoms with van der Waals surface area (Å²) in [4.78, 5) is 4.23. The zero-order valence-corrected chi connectivity index (χ0v) is 9.98. The highest BCUT2D eigenvalue weighted by atomic mass is 15.3. The summed E-state index contributed by atoms with van der Waals surface area (Å²) in [6.45, 7) is 7.36. The predicted molar refractivity (Wildman–Crippen MR) is 61.4 cm³/mol. The van der Waals surface area contributed by atoms with Crippen LogP contribution in [0.4, 0.5) is 0 Å². The minimum Gasteiger partial charge on any atom is -0.328 e. The Balaban J connectivity index is 2.36. The summed E-state index contributed by atoms with van der Waals surface area (Å²) in [5, 5.41) is 4.14. The molecule has 4 heteroatoms. The van der Waals surface area contributed by atoms with Crippen molar-refractivity contribution in [2.75, 3.05) is 0 Å². The maximum atomic E-state index is 6.03. The smallest absolute Gasteiger partial charge is 0.138 e. The average molecular weight is 210 g/mol. The van der Waals surface area contributed by atoms with Gasteiger partial charge in [-0.05, 0) is 25.7 Å². The Morgan fingerprint density at radius 2 is 2.20 bits per heavy atom. The molecule has 0 aliphatic carbocycles. The van der Waals surface area contributed by atoms with Crippen LogP contribution in [0.15, 0.2) is 6.33 Å². The zero-order valence-electron chi connectivity index (χ0n) is 9.98. The zero-order chi connectivity index (χ0) is 11.3. The molecule has 0 aliphatic heterocycles. The van der Waals surface area contributed by atoms with Crippen LogP contribution in [0.5, 0.6) is 0 Å². The lowest BCUT2D eigenvalue weighted by Crippen LogP contribution is -2.23. The van der Waals surface area contributed by atoms with Crippen molar-refractivity contribution in [1.29, 1.82) is 0 Å². The van der Waals surface area contributed by atoms with Gasteiger partial charge in [-0.1, -0.05) is 13.8 Å². The molecule has 0 amide bonds. The van der Waals surface area contributed by atoms with Crippen molar-refractivity contribution in [1.82, 2.24) is 14.8 Å². The van der Waals surface area contributed by atoms with Crippen LogP contribution in [0.2, 0.25) is 0 Å². The van der Waals surface area contributed by atoms with Gasteiger partial charge in [0.1, 0.15) is 12.2 Å². The molecule has 0 radical (unpaired) electrons. The second-order valence-corrected chi connectivity index (χ2v) is 4.42. The topological polar surface area (TPSA) is 56.7 Å². The summed E-state index contributed by atoms with van der Waals surface area (Å²) in [7, 11) is 0. The van der Waals surface area contributed by atoms with Crippen LogP contribution in [0.3, 0.4) is 0 Å². The number of aromatic nitrogens is 3. The van der Waals surface area contributed by atoms with Crippen molar-refractivity contribution >= 4 is 0 Å². The third-order valence-corrected chi connectivity index (χ3v) is 2.51. The predicted octanol–water partition coefficient (Wildman–Crippen LogP) is 1.60. The van der Waals surface area contributed by atoms with Gasteiger partial charge in [0.25, 0.3) is 0 Å². The van der Waals surface area contributed by atoms with Crippen molar-refractivity contribution in [2.45, 2.75) is 52.6 Å². The van der Waals surface area contributed by atoms with Crippen molar-refractivity contribution in [3.05, 3.63) is 12.2 Å². The quantitative estimate of drug-likeness (QED) is 0.776. The molecule has 2 N–H and O–H groups in total. The highest BCUT2D eigenvalue weighted by Gasteiger charge is 2.08. The van der Waals surface area contributed by atoms with Gasteiger partial charge < -0.3 is 5.73 Å². The molecule has 1 aromatic heterocycles. The normalized spacial score (nSPS) is 13.4. The molecule has 4 nitrogen and oxygen atoms in total. The molecule has 1 unspecified atom stereocenters. The van der Waals surface area contributed by atoms with Gasteiger partial charge in [-0.25, -0.2) is 4.98 Å². The molecular weight excluding hydrogens is 188 g/mol. The summed E-state index contributed by atoms with van der Waals surface area (Å²) >= 11 is 0. The van der Waals surface area contributed by atoms with Gasteiger partial charge in [-0.15, -0.1) is 0 Å². The van der Waals surface area contributed by atoms with Crippen LogP contribution in [-0.4, -0.2) is 20.8 Å². The van der Waals surface area contributed by atoms with E-state index in [-0.39, 0.29) is 6.04 Å². The molecule has 0 saturated carbocycles. The summed E-state index contributed by atoms with van der Waals surface area (Å²) in [6.07, 6.45) is 4.63. The van der Waals surface area contributed by atoms with E-state index >= 15 is 0 Å². The summed E-state index contributed by atoms with van der Waals surface area (Å²) in [6, 6.07) is 0.284. The average Bonchev–Trinajstić information content (AvgIpc) is 2.60. The van der Waals surface area contributed by atoms with Gasteiger partial charge in [-0.2, -0.15) is 5.10 Å². The minimum absolute atomic E-state index is 0.284. The molecule has 1 heterocycles. The Kier molecular flexibility index (Phi) is 4.75. The van der Waals surface area contributed by atoms with Crippen molar-refractivity contribution in [3.63, 3.8) is 0 Å². The van der Waals surface area contributed by atoms with E-state index in [4.69, 9.17) is 5.73 Å². The van der Waals surface area contributed by atoms with Crippen LogP contribution >= 0.6 is 0 Å². The lowest BCUT2D eigenvalue weighted by atomic mass is 10.0. The largest absolute Gasteiger partial charge is 0.328 e. The summed E-state index contributed by atoms with van der Waals surface area (Å²) < 4.78 is 1.93. The maximum Gasteiger partial charge on any atom is 0.138 e. The van der Waals surface area contributed by atoms with Gasteiger partial charge in [0, 0.05) is 19.0 Å². The van der Waals surface area contributed by atoms with E-state index in [9.17, 15) is 0 Å². The maximum absolute atomic E-state index is 6.03. The second-order valence-electron chi connectivity index (χ2n) is 4.42. The van der Waals surface area contributed by atoms with Crippen LogP contribution in [0.1, 0.15) is 39.4 Å². The fraction of sp³-hybridized carbons (Fsp3) is 0.818. The molecule has 0 aliphatic rings. The first-order valence-electron chi connectivity index (χ1n) is 5.75. The van der Waals surface area contributed by atoms with Gasteiger partial charge >= 0.3 is 0 Å². The van der Waals surface area contributed by atoms with Gasteiger partial charge in [0.05, 0.1) is 0 Å². The number of hydrogen-bond donors (Lipinski definition) is 1. The molecule has 0 saturated heterocycles. The first-order valence-corrected chi connectivity index (χ1v) is 5.75. The number of nitrogens with two attached hydrogens (primary N) is 1. The van der Waals surface area contributed by atoms with E-state index in [1.54, 1.807) is 6.33 Å². The SMILES string of the molecule is CCn1ncnc1CCC(N)CC(C)C. The Labute approximate surface area is 91.9 Å². The highest BCUT2D eigenvalue weighted by molar-refractivity contribution is 4.85. The molecule has 1 atom stereocenters. The number of rotatable bonds is 6. The van der Waals surface area contributed by atoms with Gasteiger partial charge in [0.15, 0.2) is 0 Å². The fourth-order valence-electron chi connectivity index (χ4n) is 1.78. The standard InChI is InChI=1S/C11H22N4/c1-4-15-11(13-8-14-15)6-5-10(12)7-9(2)3/h8-10H,4-7,12H2,1-3H3. The molecule has 0 spiro atoms. The molecule has 86 valence electrons. The van der Waals surface area contributed by atoms with E-state index in [1.807, 2.05) is 4.68 Å². The van der Waals surface area contributed by atoms with Crippen LogP contribution < -0.4 is 5.73 Å². The Morgan fingerprint density at radius 3 is 2.80 bits per heavy atom. The second kappa shape index (κ2) is 5.85. The van der Waals surface area contributed by atoms with Crippen molar-refractivity contribution < 1.29 is 0 Å². The first kappa shape index (κ1) is 12.2. The van der Waals surface area contributed by atoms with E-state index in [0.29, 0.717) is 5.92 Å². The number of nitrogens with zero attached hydrogens (tertiary/aromatic N) is 3. The summed E-state index contributed by atoms with van der Waals surface area (Å²) in [5.74, 6) is 1.72. The Hall–Kier alpha value is -0.900. The lowest BCUT2D eigenvalue weighted by molar-refractivity contribution is 0.464. The van der Waals surface area contributed by atoms with E-state index in [2.05, 4.69) is 30.9 Å². The Morgan fingerprint density at radius 1 is 1.47 bits per heavy atom. The molecular formula is C11H22N4. The molecule has 1 rings (SSSR count). The molecule has 0 fully saturated rings. The summed E-state index contributed by atoms with van der Waals surface area (Å²) in [5.41, 5.74) is 6.03. The highest BCUT2D eigenvalue weighted by Crippen LogP contribution is 2.08. The van der Waals surface area contributed by atoms with Gasteiger partial charge in [0.2, 0.25) is 0 Å². The van der Waals surface area contributed by atoms with E-state index < -0.39 is 0 Å². The lowest BCUT2D eigenvalue weighted by Gasteiger charge is -2.13. The molecule has 0 aromatic carbocycles. The van der Waals surface area contributed by atoms with Crippen LogP contribution in [0.25, 0.3) is 0 Å². The molecule has 0 bridgehead atoms. The molecule has 1 aromatic rings. The van der Waals surface area contributed by atoms with Crippen LogP contribution in [0, 0.1) is 5.92 Å². The number of hydrogen-bond acceptors (Lipinski definition) is 3. The van der Waals surface area contributed by atoms with E-state index in [0.717, 1.165) is 31.6 Å². The monoisotopic (exact) mass is 210 g/mol. The molecule has 15 heavy (non-hydrogen) atoms. The number of aryl methyl sites for hydroxylation is 2. The van der Waals surface area contributed by atoms with E-state index in [1.165, 1.54) is 0 Å². The van der Waals surface area contributed by atoms with Crippen molar-refractivity contribution in [2.24, 2.45) is 11.7 Å². The van der Waals surface area contributed by atoms with Gasteiger partial charge in [-0.3, -0.25) is 4.68 Å². The Bertz CT molecular complexity index is 280. The third-order valence-electron chi connectivity index (χ3n) is 2.51. The van der Waals surface area contributed by atoms with Crippen molar-refractivity contribution in [3.8, 4) is 0 Å². The first-order chi connectivity index (χ1) is 7.13. The van der Waals surface area contributed by atoms with Crippen LogP contribution in [-0.2, 0) is 13.0 Å². The third kappa shape index (κ3) is 4.00. The fourth-order valence-corrected chi connectivity index (χ4v) is 1.78. The minimum atomic E-state index is 0.284.